The quantitative estimate of drug-likeness (QED) is 0.287. The summed E-state index contributed by atoms with van der Waals surface area (Å²) in [6, 6.07) is 23.1. The van der Waals surface area contributed by atoms with Crippen molar-refractivity contribution < 1.29 is 4.74 Å². The van der Waals surface area contributed by atoms with Crippen LogP contribution in [0.5, 0.6) is 5.75 Å². The highest BCUT2D eigenvalue weighted by Crippen LogP contribution is 2.23. The normalized spacial score (nSPS) is 10.7. The first-order chi connectivity index (χ1) is 14.9. The molecule has 0 spiro atoms. The van der Waals surface area contributed by atoms with Crippen molar-refractivity contribution in [2.45, 2.75) is 6.61 Å². The molecule has 0 aliphatic carbocycles. The summed E-state index contributed by atoms with van der Waals surface area (Å²) in [5.74, 6) is 0.613. The van der Waals surface area contributed by atoms with Crippen LogP contribution in [0.1, 0.15) is 16.7 Å². The lowest BCUT2D eigenvalue weighted by Crippen LogP contribution is -2.18. The Hall–Kier alpha value is -4.39. The zero-order valence-electron chi connectivity index (χ0n) is 16.6. The Labute approximate surface area is 178 Å². The molecule has 0 radical (unpaired) electrons. The van der Waals surface area contributed by atoms with Gasteiger partial charge < -0.3 is 16.2 Å². The number of aromatic nitrogens is 1. The molecule has 0 aliphatic rings. The van der Waals surface area contributed by atoms with Crippen molar-refractivity contribution in [2.75, 3.05) is 0 Å². The second-order valence-electron chi connectivity index (χ2n) is 7.09. The van der Waals surface area contributed by atoms with Crippen molar-refractivity contribution in [3.8, 4) is 11.4 Å². The second kappa shape index (κ2) is 8.16. The molecule has 0 bridgehead atoms. The highest BCUT2D eigenvalue weighted by Gasteiger charge is 2.09. The van der Waals surface area contributed by atoms with Gasteiger partial charge >= 0.3 is 0 Å². The van der Waals surface area contributed by atoms with Gasteiger partial charge in [0, 0.05) is 28.3 Å². The van der Waals surface area contributed by atoms with Crippen LogP contribution in [0.4, 0.5) is 0 Å². The Bertz CT molecular complexity index is 1370. The highest BCUT2D eigenvalue weighted by atomic mass is 16.5. The predicted octanol–water partition coefficient (Wildman–Crippen LogP) is 3.14. The summed E-state index contributed by atoms with van der Waals surface area (Å²) in [5.41, 5.74) is 14.4. The van der Waals surface area contributed by atoms with Gasteiger partial charge in [0.1, 0.15) is 24.0 Å². The van der Waals surface area contributed by atoms with E-state index in [0.29, 0.717) is 29.2 Å². The monoisotopic (exact) mass is 411 g/mol. The summed E-state index contributed by atoms with van der Waals surface area (Å²) >= 11 is 0. The van der Waals surface area contributed by atoms with Crippen LogP contribution in [-0.4, -0.2) is 16.2 Å². The molecule has 1 aromatic heterocycles. The van der Waals surface area contributed by atoms with E-state index in [0.717, 1.165) is 16.5 Å². The number of ether oxygens (including phenoxy) is 1. The summed E-state index contributed by atoms with van der Waals surface area (Å²) in [4.78, 5) is 12.6. The molecule has 7 nitrogen and oxygen atoms in total. The van der Waals surface area contributed by atoms with E-state index in [1.54, 1.807) is 41.0 Å². The molecule has 0 saturated heterocycles. The maximum atomic E-state index is 12.6. The van der Waals surface area contributed by atoms with Crippen LogP contribution in [0.2, 0.25) is 0 Å². The van der Waals surface area contributed by atoms with Gasteiger partial charge in [-0.2, -0.15) is 0 Å². The molecule has 7 heteroatoms. The van der Waals surface area contributed by atoms with Crippen LogP contribution in [0.25, 0.3) is 16.6 Å². The summed E-state index contributed by atoms with van der Waals surface area (Å²) < 4.78 is 7.50. The van der Waals surface area contributed by atoms with Gasteiger partial charge in [0.2, 0.25) is 0 Å². The SMILES string of the molecule is N=C(N)c1cccc(COc2ccc3c(ccc(=O)n3-c3cccc(C(=N)N)c3)c2)c1. The summed E-state index contributed by atoms with van der Waals surface area (Å²) in [7, 11) is 0. The zero-order valence-corrected chi connectivity index (χ0v) is 16.6. The van der Waals surface area contributed by atoms with E-state index < -0.39 is 0 Å². The van der Waals surface area contributed by atoms with Gasteiger partial charge in [-0.25, -0.2) is 0 Å². The average Bonchev–Trinajstić information content (AvgIpc) is 2.78. The molecular formula is C24H21N5O2. The minimum absolute atomic E-state index is 0.0133. The summed E-state index contributed by atoms with van der Waals surface area (Å²) in [5, 5.41) is 16.0. The van der Waals surface area contributed by atoms with Crippen LogP contribution >= 0.6 is 0 Å². The number of hydrogen-bond donors (Lipinski definition) is 4. The number of rotatable bonds is 6. The maximum Gasteiger partial charge on any atom is 0.255 e. The first kappa shape index (κ1) is 19.9. The fraction of sp³-hybridized carbons (Fsp3) is 0.0417. The van der Waals surface area contributed by atoms with E-state index in [1.807, 2.05) is 36.4 Å². The topological polar surface area (TPSA) is 131 Å². The third kappa shape index (κ3) is 4.16. The molecule has 0 unspecified atom stereocenters. The minimum Gasteiger partial charge on any atom is -0.489 e. The lowest BCUT2D eigenvalue weighted by Gasteiger charge is -2.13. The number of fused-ring (bicyclic) bond motifs is 1. The predicted molar refractivity (Wildman–Crippen MR) is 122 cm³/mol. The number of nitrogens with two attached hydrogens (primary N) is 2. The van der Waals surface area contributed by atoms with E-state index >= 15 is 0 Å². The van der Waals surface area contributed by atoms with Crippen LogP contribution in [0, 0.1) is 10.8 Å². The Morgan fingerprint density at radius 3 is 2.29 bits per heavy atom. The van der Waals surface area contributed by atoms with E-state index in [9.17, 15) is 4.79 Å². The van der Waals surface area contributed by atoms with Gasteiger partial charge in [0.15, 0.2) is 0 Å². The number of nitrogens with one attached hydrogen (secondary N) is 2. The highest BCUT2D eigenvalue weighted by molar-refractivity contribution is 5.96. The van der Waals surface area contributed by atoms with Gasteiger partial charge in [0.05, 0.1) is 5.52 Å². The molecule has 0 saturated carbocycles. The average molecular weight is 411 g/mol. The number of benzene rings is 3. The number of nitrogens with zero attached hydrogens (tertiary/aromatic N) is 1. The van der Waals surface area contributed by atoms with Crippen LogP contribution in [0.3, 0.4) is 0 Å². The Morgan fingerprint density at radius 2 is 1.55 bits per heavy atom. The molecule has 3 aromatic carbocycles. The molecular weight excluding hydrogens is 390 g/mol. The first-order valence-corrected chi connectivity index (χ1v) is 9.59. The summed E-state index contributed by atoms with van der Waals surface area (Å²) in [6.45, 7) is 0.326. The Kier molecular flexibility index (Phi) is 5.24. The van der Waals surface area contributed by atoms with Crippen molar-refractivity contribution >= 4 is 22.6 Å². The molecule has 0 atom stereocenters. The molecule has 4 rings (SSSR count). The minimum atomic E-state index is -0.178. The lowest BCUT2D eigenvalue weighted by molar-refractivity contribution is 0.306. The fourth-order valence-corrected chi connectivity index (χ4v) is 3.39. The van der Waals surface area contributed by atoms with Gasteiger partial charge in [-0.05, 0) is 48.0 Å². The Morgan fingerprint density at radius 1 is 0.839 bits per heavy atom. The maximum absolute atomic E-state index is 12.6. The second-order valence-corrected chi connectivity index (χ2v) is 7.09. The molecule has 4 aromatic rings. The van der Waals surface area contributed by atoms with Crippen LogP contribution < -0.4 is 21.8 Å². The van der Waals surface area contributed by atoms with E-state index in [-0.39, 0.29) is 17.2 Å². The largest absolute Gasteiger partial charge is 0.489 e. The van der Waals surface area contributed by atoms with Crippen molar-refractivity contribution in [3.63, 3.8) is 0 Å². The van der Waals surface area contributed by atoms with E-state index in [1.165, 1.54) is 6.07 Å². The van der Waals surface area contributed by atoms with Gasteiger partial charge in [-0.15, -0.1) is 0 Å². The van der Waals surface area contributed by atoms with Crippen molar-refractivity contribution in [1.29, 1.82) is 10.8 Å². The lowest BCUT2D eigenvalue weighted by atomic mass is 10.1. The molecule has 0 aliphatic heterocycles. The first-order valence-electron chi connectivity index (χ1n) is 9.59. The van der Waals surface area contributed by atoms with Crippen molar-refractivity contribution in [1.82, 2.24) is 4.57 Å². The molecule has 154 valence electrons. The van der Waals surface area contributed by atoms with Gasteiger partial charge in [-0.1, -0.05) is 30.3 Å². The summed E-state index contributed by atoms with van der Waals surface area (Å²) in [6.07, 6.45) is 0. The van der Waals surface area contributed by atoms with E-state index in [4.69, 9.17) is 27.0 Å². The van der Waals surface area contributed by atoms with Crippen LogP contribution in [-0.2, 0) is 6.61 Å². The number of hydrogen-bond acceptors (Lipinski definition) is 4. The van der Waals surface area contributed by atoms with Crippen LogP contribution in [0.15, 0.2) is 83.7 Å². The van der Waals surface area contributed by atoms with Crippen molar-refractivity contribution in [2.24, 2.45) is 11.5 Å². The third-order valence-electron chi connectivity index (χ3n) is 4.92. The molecule has 31 heavy (non-hydrogen) atoms. The van der Waals surface area contributed by atoms with E-state index in [2.05, 4.69) is 0 Å². The molecule has 0 amide bonds. The standard InChI is InChI=1S/C24H21N5O2/c25-23(26)17-4-1-3-15(11-17)14-31-20-8-9-21-16(13-20)7-10-22(30)29(21)19-6-2-5-18(12-19)24(27)28/h1-13H,14H2,(H3,25,26)(H3,27,28). The smallest absolute Gasteiger partial charge is 0.255 e. The molecule has 6 N–H and O–H groups in total. The van der Waals surface area contributed by atoms with Gasteiger partial charge in [-0.3, -0.25) is 20.2 Å². The zero-order chi connectivity index (χ0) is 22.0. The number of amidine groups is 2. The number of pyridine rings is 1. The number of nitrogen functional groups attached to an aromatic ring is 2. The van der Waals surface area contributed by atoms with Crippen molar-refractivity contribution in [3.05, 3.63) is 106 Å². The molecule has 1 heterocycles. The third-order valence-corrected chi connectivity index (χ3v) is 4.92. The van der Waals surface area contributed by atoms with Gasteiger partial charge in [0.25, 0.3) is 5.56 Å². The molecule has 0 fully saturated rings. The Balaban J connectivity index is 1.67. The fourth-order valence-electron chi connectivity index (χ4n) is 3.39.